The highest BCUT2D eigenvalue weighted by molar-refractivity contribution is 5.74. The number of hydrogen-bond acceptors (Lipinski definition) is 3. The van der Waals surface area contributed by atoms with Crippen LogP contribution in [0.25, 0.3) is 0 Å². The second-order valence-corrected chi connectivity index (χ2v) is 8.92. The molecule has 0 radical (unpaired) electrons. The summed E-state index contributed by atoms with van der Waals surface area (Å²) in [6.45, 7) is 5.40. The molecule has 2 fully saturated rings. The Hall–Kier alpha value is -1.59. The van der Waals surface area contributed by atoms with Crippen molar-refractivity contribution in [3.05, 3.63) is 35.9 Å². The first-order chi connectivity index (χ1) is 13.5. The first-order valence-electron chi connectivity index (χ1n) is 11.0. The molecule has 0 bridgehead atoms. The summed E-state index contributed by atoms with van der Waals surface area (Å²) in [5.41, 5.74) is 1.18. The van der Waals surface area contributed by atoms with Crippen molar-refractivity contribution in [2.45, 2.75) is 63.6 Å². The van der Waals surface area contributed by atoms with Crippen LogP contribution in [0.1, 0.15) is 57.1 Å². The normalized spacial score (nSPS) is 25.4. The maximum Gasteiger partial charge on any atom is 0.315 e. The molecule has 0 unspecified atom stereocenters. The van der Waals surface area contributed by atoms with E-state index in [0.29, 0.717) is 18.0 Å². The number of urea groups is 1. The van der Waals surface area contributed by atoms with Gasteiger partial charge in [-0.2, -0.15) is 0 Å². The van der Waals surface area contributed by atoms with Crippen molar-refractivity contribution in [3.8, 4) is 0 Å². The number of rotatable bonds is 6. The Morgan fingerprint density at radius 2 is 1.82 bits per heavy atom. The Morgan fingerprint density at radius 1 is 1.14 bits per heavy atom. The molecule has 1 saturated heterocycles. The fraction of sp³-hybridized carbons (Fsp3) is 0.696. The van der Waals surface area contributed by atoms with Crippen LogP contribution in [0.4, 0.5) is 4.79 Å². The topological polar surface area (TPSA) is 47.6 Å². The zero-order valence-corrected chi connectivity index (χ0v) is 17.9. The molecule has 0 spiro atoms. The summed E-state index contributed by atoms with van der Waals surface area (Å²) in [5, 5.41) is 6.53. The summed E-state index contributed by atoms with van der Waals surface area (Å²) in [7, 11) is 4.40. The van der Waals surface area contributed by atoms with Crippen molar-refractivity contribution < 1.29 is 4.79 Å². The van der Waals surface area contributed by atoms with Gasteiger partial charge < -0.3 is 20.4 Å². The lowest BCUT2D eigenvalue weighted by molar-refractivity contribution is 0.134. The predicted molar refractivity (Wildman–Crippen MR) is 115 cm³/mol. The third-order valence-corrected chi connectivity index (χ3v) is 6.72. The average Bonchev–Trinajstić information content (AvgIpc) is 2.70. The molecule has 1 aliphatic heterocycles. The van der Waals surface area contributed by atoms with Gasteiger partial charge in [0.15, 0.2) is 0 Å². The Labute approximate surface area is 170 Å². The minimum Gasteiger partial charge on any atom is -0.335 e. The van der Waals surface area contributed by atoms with Crippen LogP contribution in [0, 0.1) is 5.92 Å². The maximum atomic E-state index is 12.8. The molecular weight excluding hydrogens is 348 g/mol. The molecule has 1 aliphatic carbocycles. The van der Waals surface area contributed by atoms with E-state index in [1.54, 1.807) is 0 Å². The van der Waals surface area contributed by atoms with Gasteiger partial charge in [-0.05, 0) is 64.3 Å². The Kier molecular flexibility index (Phi) is 7.74. The summed E-state index contributed by atoms with van der Waals surface area (Å²) >= 11 is 0. The van der Waals surface area contributed by atoms with E-state index < -0.39 is 0 Å². The molecular formula is C23H38N4O. The van der Waals surface area contributed by atoms with Gasteiger partial charge in [-0.1, -0.05) is 50.1 Å². The molecule has 1 aromatic rings. The summed E-state index contributed by atoms with van der Waals surface area (Å²) in [6, 6.07) is 11.3. The molecule has 2 amide bonds. The maximum absolute atomic E-state index is 12.8. The van der Waals surface area contributed by atoms with Crippen LogP contribution in [0.5, 0.6) is 0 Å². The van der Waals surface area contributed by atoms with Crippen molar-refractivity contribution >= 4 is 6.03 Å². The van der Waals surface area contributed by atoms with E-state index in [2.05, 4.69) is 65.7 Å². The average molecular weight is 387 g/mol. The van der Waals surface area contributed by atoms with Crippen LogP contribution in [0.2, 0.25) is 0 Å². The summed E-state index contributed by atoms with van der Waals surface area (Å²) in [5.74, 6) is 0.566. The summed E-state index contributed by atoms with van der Waals surface area (Å²) in [6.07, 6.45) is 7.21. The van der Waals surface area contributed by atoms with E-state index >= 15 is 0 Å². The van der Waals surface area contributed by atoms with Gasteiger partial charge in [-0.3, -0.25) is 0 Å². The van der Waals surface area contributed by atoms with E-state index in [4.69, 9.17) is 0 Å². The molecule has 28 heavy (non-hydrogen) atoms. The van der Waals surface area contributed by atoms with Gasteiger partial charge in [0.1, 0.15) is 0 Å². The highest BCUT2D eigenvalue weighted by Gasteiger charge is 2.26. The van der Waals surface area contributed by atoms with Crippen molar-refractivity contribution in [2.24, 2.45) is 5.92 Å². The molecule has 3 atom stereocenters. The number of likely N-dealkylation sites (tertiary alicyclic amines) is 1. The highest BCUT2D eigenvalue weighted by atomic mass is 16.2. The number of piperidine rings is 1. The fourth-order valence-electron chi connectivity index (χ4n) is 4.69. The Bertz CT molecular complexity index is 600. The van der Waals surface area contributed by atoms with Crippen molar-refractivity contribution in [1.82, 2.24) is 20.4 Å². The highest BCUT2D eigenvalue weighted by Crippen LogP contribution is 2.24. The SMILES string of the molecule is C[C@@H]1CCCC[C@H]1NC(=O)N[C@@H](CN(C)C1CCN(C)CC1)c1ccccc1. The first kappa shape index (κ1) is 21.1. The molecule has 2 N–H and O–H groups in total. The zero-order valence-electron chi connectivity index (χ0n) is 17.9. The molecule has 5 heteroatoms. The quantitative estimate of drug-likeness (QED) is 0.785. The lowest BCUT2D eigenvalue weighted by atomic mass is 9.86. The van der Waals surface area contributed by atoms with Crippen LogP contribution >= 0.6 is 0 Å². The largest absolute Gasteiger partial charge is 0.335 e. The number of benzene rings is 1. The summed E-state index contributed by atoms with van der Waals surface area (Å²) in [4.78, 5) is 17.6. The standard InChI is InChI=1S/C23H38N4O/c1-18-9-7-8-12-21(18)24-23(28)25-22(19-10-5-4-6-11-19)17-27(3)20-13-15-26(2)16-14-20/h4-6,10-11,18,20-22H,7-9,12-17H2,1-3H3,(H2,24,25,28)/t18-,21-,22+/m1/s1. The number of carbonyl (C=O) groups is 1. The molecule has 156 valence electrons. The van der Waals surface area contributed by atoms with Crippen LogP contribution in [-0.2, 0) is 0 Å². The molecule has 1 saturated carbocycles. The molecule has 3 rings (SSSR count). The number of nitrogens with one attached hydrogen (secondary N) is 2. The zero-order chi connectivity index (χ0) is 19.9. The third-order valence-electron chi connectivity index (χ3n) is 6.72. The predicted octanol–water partition coefficient (Wildman–Crippen LogP) is 3.63. The number of carbonyl (C=O) groups excluding carboxylic acids is 1. The first-order valence-corrected chi connectivity index (χ1v) is 11.0. The molecule has 0 aromatic heterocycles. The van der Waals surface area contributed by atoms with E-state index in [-0.39, 0.29) is 12.1 Å². The molecule has 1 heterocycles. The Balaban J connectivity index is 1.61. The van der Waals surface area contributed by atoms with Gasteiger partial charge in [0.05, 0.1) is 6.04 Å². The number of amides is 2. The van der Waals surface area contributed by atoms with Gasteiger partial charge in [0.2, 0.25) is 0 Å². The number of nitrogens with zero attached hydrogens (tertiary/aromatic N) is 2. The van der Waals surface area contributed by atoms with Gasteiger partial charge in [0.25, 0.3) is 0 Å². The van der Waals surface area contributed by atoms with Crippen molar-refractivity contribution in [2.75, 3.05) is 33.7 Å². The lowest BCUT2D eigenvalue weighted by Gasteiger charge is -2.37. The van der Waals surface area contributed by atoms with Gasteiger partial charge in [0, 0.05) is 18.6 Å². The van der Waals surface area contributed by atoms with Gasteiger partial charge in [-0.25, -0.2) is 4.79 Å². The van der Waals surface area contributed by atoms with E-state index in [1.165, 1.54) is 37.7 Å². The second kappa shape index (κ2) is 10.3. The summed E-state index contributed by atoms with van der Waals surface area (Å²) < 4.78 is 0. The van der Waals surface area contributed by atoms with Crippen LogP contribution in [-0.4, -0.2) is 61.6 Å². The van der Waals surface area contributed by atoms with E-state index in [0.717, 1.165) is 26.1 Å². The number of likely N-dealkylation sites (N-methyl/N-ethyl adjacent to an activating group) is 1. The molecule has 2 aliphatic rings. The Morgan fingerprint density at radius 3 is 2.50 bits per heavy atom. The van der Waals surface area contributed by atoms with E-state index in [9.17, 15) is 4.79 Å². The molecule has 1 aromatic carbocycles. The second-order valence-electron chi connectivity index (χ2n) is 8.92. The monoisotopic (exact) mass is 386 g/mol. The smallest absolute Gasteiger partial charge is 0.315 e. The van der Waals surface area contributed by atoms with Crippen LogP contribution in [0.3, 0.4) is 0 Å². The van der Waals surface area contributed by atoms with E-state index in [1.807, 2.05) is 6.07 Å². The van der Waals surface area contributed by atoms with Crippen molar-refractivity contribution in [1.29, 1.82) is 0 Å². The minimum absolute atomic E-state index is 0.00440. The van der Waals surface area contributed by atoms with Crippen LogP contribution < -0.4 is 10.6 Å². The third kappa shape index (κ3) is 5.95. The van der Waals surface area contributed by atoms with Gasteiger partial charge in [-0.15, -0.1) is 0 Å². The van der Waals surface area contributed by atoms with Crippen molar-refractivity contribution in [3.63, 3.8) is 0 Å². The fourth-order valence-corrected chi connectivity index (χ4v) is 4.69. The lowest BCUT2D eigenvalue weighted by Crippen LogP contribution is -2.50. The van der Waals surface area contributed by atoms with Crippen LogP contribution in [0.15, 0.2) is 30.3 Å². The number of hydrogen-bond donors (Lipinski definition) is 2. The molecule has 5 nitrogen and oxygen atoms in total. The minimum atomic E-state index is -0.0237. The van der Waals surface area contributed by atoms with Gasteiger partial charge >= 0.3 is 6.03 Å².